The first-order valence-electron chi connectivity index (χ1n) is 6.88. The van der Waals surface area contributed by atoms with E-state index in [1.165, 1.54) is 7.11 Å². The second-order valence-corrected chi connectivity index (χ2v) is 7.29. The van der Waals surface area contributed by atoms with Crippen LogP contribution < -0.4 is 5.73 Å². The Morgan fingerprint density at radius 1 is 1.26 bits per heavy atom. The Kier molecular flexibility index (Phi) is 7.23. The number of methoxy groups -OCH3 is 1. The zero-order valence-corrected chi connectivity index (χ0v) is 12.9. The Balaban J connectivity index is 2.49. The summed E-state index contributed by atoms with van der Waals surface area (Å²) < 4.78 is 30.6. The molecule has 1 heterocycles. The molecule has 0 saturated carbocycles. The molecule has 0 radical (unpaired) electrons. The van der Waals surface area contributed by atoms with Crippen molar-refractivity contribution in [2.75, 3.05) is 58.7 Å². The van der Waals surface area contributed by atoms with Crippen molar-refractivity contribution in [1.29, 1.82) is 0 Å². The molecule has 19 heavy (non-hydrogen) atoms. The number of rotatable bonds is 7. The van der Waals surface area contributed by atoms with Crippen molar-refractivity contribution in [2.45, 2.75) is 13.3 Å². The monoisotopic (exact) mass is 293 g/mol. The second kappa shape index (κ2) is 8.16. The summed E-state index contributed by atoms with van der Waals surface area (Å²) in [5, 5.41) is 0. The van der Waals surface area contributed by atoms with E-state index in [9.17, 15) is 8.42 Å². The third-order valence-corrected chi connectivity index (χ3v) is 5.29. The van der Waals surface area contributed by atoms with Crippen LogP contribution in [0, 0.1) is 5.92 Å². The Morgan fingerprint density at radius 2 is 2.00 bits per heavy atom. The van der Waals surface area contributed by atoms with Crippen molar-refractivity contribution in [1.82, 2.24) is 9.21 Å². The summed E-state index contributed by atoms with van der Waals surface area (Å²) in [6, 6.07) is 0. The maximum absolute atomic E-state index is 12.1. The highest BCUT2D eigenvalue weighted by atomic mass is 32.2. The van der Waals surface area contributed by atoms with Gasteiger partial charge in [-0.1, -0.05) is 6.92 Å². The maximum Gasteiger partial charge on any atom is 0.216 e. The standard InChI is InChI=1S/C12H27N3O3S/c1-12(10-13)11-14-4-3-5-15(7-6-14)19(16,17)9-8-18-2/h12H,3-11,13H2,1-2H3. The lowest BCUT2D eigenvalue weighted by atomic mass is 10.1. The van der Waals surface area contributed by atoms with Crippen molar-refractivity contribution in [3.05, 3.63) is 0 Å². The van der Waals surface area contributed by atoms with E-state index in [1.807, 2.05) is 0 Å². The highest BCUT2D eigenvalue weighted by molar-refractivity contribution is 7.89. The van der Waals surface area contributed by atoms with Crippen molar-refractivity contribution in [2.24, 2.45) is 11.7 Å². The van der Waals surface area contributed by atoms with Gasteiger partial charge in [-0.15, -0.1) is 0 Å². The van der Waals surface area contributed by atoms with E-state index < -0.39 is 10.0 Å². The van der Waals surface area contributed by atoms with E-state index in [4.69, 9.17) is 10.5 Å². The summed E-state index contributed by atoms with van der Waals surface area (Å²) in [5.74, 6) is 0.527. The molecule has 7 heteroatoms. The van der Waals surface area contributed by atoms with Crippen LogP contribution in [0.3, 0.4) is 0 Å². The minimum atomic E-state index is -3.17. The van der Waals surface area contributed by atoms with E-state index in [0.29, 0.717) is 25.6 Å². The molecule has 2 N–H and O–H groups in total. The van der Waals surface area contributed by atoms with Gasteiger partial charge in [0.25, 0.3) is 0 Å². The Morgan fingerprint density at radius 3 is 2.63 bits per heavy atom. The van der Waals surface area contributed by atoms with Crippen LogP contribution in [0.2, 0.25) is 0 Å². The molecule has 0 bridgehead atoms. The molecule has 0 aromatic carbocycles. The van der Waals surface area contributed by atoms with Gasteiger partial charge < -0.3 is 15.4 Å². The maximum atomic E-state index is 12.1. The van der Waals surface area contributed by atoms with E-state index >= 15 is 0 Å². The lowest BCUT2D eigenvalue weighted by Crippen LogP contribution is -2.38. The first-order chi connectivity index (χ1) is 8.99. The van der Waals surface area contributed by atoms with Crippen LogP contribution in [0.25, 0.3) is 0 Å². The average molecular weight is 293 g/mol. The molecule has 1 rings (SSSR count). The number of nitrogens with zero attached hydrogens (tertiary/aromatic N) is 2. The van der Waals surface area contributed by atoms with Crippen LogP contribution in [0.4, 0.5) is 0 Å². The molecule has 1 fully saturated rings. The lowest BCUT2D eigenvalue weighted by molar-refractivity contribution is 0.215. The van der Waals surface area contributed by atoms with Gasteiger partial charge in [-0.25, -0.2) is 12.7 Å². The van der Waals surface area contributed by atoms with E-state index in [0.717, 1.165) is 26.1 Å². The third kappa shape index (κ3) is 5.74. The highest BCUT2D eigenvalue weighted by Gasteiger charge is 2.25. The average Bonchev–Trinajstić information content (AvgIpc) is 2.62. The van der Waals surface area contributed by atoms with Gasteiger partial charge in [0.1, 0.15) is 0 Å². The zero-order chi connectivity index (χ0) is 14.3. The zero-order valence-electron chi connectivity index (χ0n) is 12.0. The molecule has 1 unspecified atom stereocenters. The fourth-order valence-electron chi connectivity index (χ4n) is 2.24. The molecule has 1 aliphatic heterocycles. The topological polar surface area (TPSA) is 75.9 Å². The van der Waals surface area contributed by atoms with Crippen LogP contribution in [0.15, 0.2) is 0 Å². The number of ether oxygens (including phenoxy) is 1. The van der Waals surface area contributed by atoms with Crippen LogP contribution in [0.5, 0.6) is 0 Å². The molecular formula is C12H27N3O3S. The first-order valence-corrected chi connectivity index (χ1v) is 8.49. The third-order valence-electron chi connectivity index (χ3n) is 3.46. The quantitative estimate of drug-likeness (QED) is 0.689. The van der Waals surface area contributed by atoms with Gasteiger partial charge in [0.05, 0.1) is 12.4 Å². The summed E-state index contributed by atoms with van der Waals surface area (Å²) >= 11 is 0. The Labute approximate surface area is 116 Å². The first kappa shape index (κ1) is 16.8. The fraction of sp³-hybridized carbons (Fsp3) is 1.00. The SMILES string of the molecule is COCCS(=O)(=O)N1CCCN(CC(C)CN)CC1. The Hall–Kier alpha value is -0.210. The van der Waals surface area contributed by atoms with Crippen molar-refractivity contribution < 1.29 is 13.2 Å². The molecule has 0 amide bonds. The molecular weight excluding hydrogens is 266 g/mol. The molecule has 114 valence electrons. The van der Waals surface area contributed by atoms with Gasteiger partial charge >= 0.3 is 0 Å². The van der Waals surface area contributed by atoms with Crippen LogP contribution in [-0.2, 0) is 14.8 Å². The summed E-state index contributed by atoms with van der Waals surface area (Å²) in [5.41, 5.74) is 5.63. The molecule has 0 spiro atoms. The lowest BCUT2D eigenvalue weighted by Gasteiger charge is -2.23. The van der Waals surface area contributed by atoms with Crippen LogP contribution in [0.1, 0.15) is 13.3 Å². The molecule has 0 aliphatic carbocycles. The number of sulfonamides is 1. The van der Waals surface area contributed by atoms with E-state index in [2.05, 4.69) is 11.8 Å². The minimum Gasteiger partial charge on any atom is -0.384 e. The number of hydrogen-bond acceptors (Lipinski definition) is 5. The normalized spacial score (nSPS) is 21.2. The second-order valence-electron chi connectivity index (χ2n) is 5.20. The van der Waals surface area contributed by atoms with Crippen LogP contribution in [-0.4, -0.2) is 76.4 Å². The van der Waals surface area contributed by atoms with E-state index in [-0.39, 0.29) is 12.4 Å². The van der Waals surface area contributed by atoms with Crippen molar-refractivity contribution in [3.63, 3.8) is 0 Å². The summed E-state index contributed by atoms with van der Waals surface area (Å²) in [7, 11) is -1.65. The molecule has 1 aliphatic rings. The smallest absolute Gasteiger partial charge is 0.216 e. The van der Waals surface area contributed by atoms with Crippen LogP contribution >= 0.6 is 0 Å². The van der Waals surface area contributed by atoms with Gasteiger partial charge in [-0.3, -0.25) is 0 Å². The number of nitrogens with two attached hydrogens (primary N) is 1. The molecule has 1 atom stereocenters. The largest absolute Gasteiger partial charge is 0.384 e. The molecule has 1 saturated heterocycles. The molecule has 0 aromatic heterocycles. The predicted octanol–water partition coefficient (Wildman–Crippen LogP) is -0.435. The van der Waals surface area contributed by atoms with Crippen molar-refractivity contribution in [3.8, 4) is 0 Å². The summed E-state index contributed by atoms with van der Waals surface area (Å²) in [6.07, 6.45) is 0.878. The van der Waals surface area contributed by atoms with Crippen molar-refractivity contribution >= 4 is 10.0 Å². The van der Waals surface area contributed by atoms with E-state index in [1.54, 1.807) is 4.31 Å². The van der Waals surface area contributed by atoms with Gasteiger partial charge in [-0.2, -0.15) is 0 Å². The molecule has 6 nitrogen and oxygen atoms in total. The fourth-order valence-corrected chi connectivity index (χ4v) is 3.64. The molecule has 0 aromatic rings. The summed E-state index contributed by atoms with van der Waals surface area (Å²) in [4.78, 5) is 2.31. The van der Waals surface area contributed by atoms with Gasteiger partial charge in [0, 0.05) is 33.3 Å². The minimum absolute atomic E-state index is 0.0721. The Bertz CT molecular complexity index is 348. The summed E-state index contributed by atoms with van der Waals surface area (Å²) in [6.45, 7) is 6.92. The number of hydrogen-bond donors (Lipinski definition) is 1. The predicted molar refractivity (Wildman–Crippen MR) is 76.5 cm³/mol. The highest BCUT2D eigenvalue weighted by Crippen LogP contribution is 2.10. The van der Waals surface area contributed by atoms with Gasteiger partial charge in [0.2, 0.25) is 10.0 Å². The van der Waals surface area contributed by atoms with Gasteiger partial charge in [0.15, 0.2) is 0 Å². The van der Waals surface area contributed by atoms with Gasteiger partial charge in [-0.05, 0) is 25.4 Å².